The molecule has 3 rings (SSSR count). The molecule has 1 aliphatic rings. The maximum absolute atomic E-state index is 6.08. The number of ether oxygens (including phenoxy) is 2. The zero-order valence-electron chi connectivity index (χ0n) is 15.0. The van der Waals surface area contributed by atoms with Gasteiger partial charge in [0.1, 0.15) is 11.6 Å². The van der Waals surface area contributed by atoms with Crippen LogP contribution < -0.4 is 15.8 Å². The maximum Gasteiger partial charge on any atom is 0.221 e. The average molecular weight is 343 g/mol. The Bertz CT molecular complexity index is 737. The van der Waals surface area contributed by atoms with Gasteiger partial charge in [-0.15, -0.1) is 0 Å². The smallest absolute Gasteiger partial charge is 0.221 e. The molecule has 0 radical (unpaired) electrons. The van der Waals surface area contributed by atoms with E-state index in [1.54, 1.807) is 13.3 Å². The highest BCUT2D eigenvalue weighted by Crippen LogP contribution is 2.31. The molecule has 1 fully saturated rings. The first-order valence-corrected chi connectivity index (χ1v) is 8.38. The summed E-state index contributed by atoms with van der Waals surface area (Å²) in [5.41, 5.74) is 8.57. The van der Waals surface area contributed by atoms with E-state index >= 15 is 0 Å². The highest BCUT2D eigenvalue weighted by Gasteiger charge is 2.20. The van der Waals surface area contributed by atoms with E-state index in [1.807, 2.05) is 19.2 Å². The molecule has 7 heteroatoms. The van der Waals surface area contributed by atoms with Gasteiger partial charge >= 0.3 is 0 Å². The normalized spacial score (nSPS) is 17.6. The summed E-state index contributed by atoms with van der Waals surface area (Å²) in [5.74, 6) is 1.76. The fourth-order valence-corrected chi connectivity index (χ4v) is 3.09. The fourth-order valence-electron chi connectivity index (χ4n) is 3.09. The molecule has 0 amide bonds. The lowest BCUT2D eigenvalue weighted by Crippen LogP contribution is -2.19. The number of rotatable bonds is 6. The maximum atomic E-state index is 6.08. The number of likely N-dealkylation sites (N-methyl/N-ethyl adjacent to an activating group) is 1. The van der Waals surface area contributed by atoms with Crippen molar-refractivity contribution in [3.8, 4) is 16.9 Å². The van der Waals surface area contributed by atoms with Gasteiger partial charge in [-0.2, -0.15) is 4.98 Å². The second kappa shape index (κ2) is 7.67. The summed E-state index contributed by atoms with van der Waals surface area (Å²) in [6, 6.07) is 6.00. The van der Waals surface area contributed by atoms with Crippen LogP contribution in [-0.2, 0) is 11.3 Å². The molecule has 1 unspecified atom stereocenters. The molecule has 3 N–H and O–H groups in total. The molecule has 2 heterocycles. The molecule has 1 aromatic heterocycles. The van der Waals surface area contributed by atoms with Crippen molar-refractivity contribution >= 4 is 11.8 Å². The summed E-state index contributed by atoms with van der Waals surface area (Å²) >= 11 is 0. The van der Waals surface area contributed by atoms with Gasteiger partial charge in [0.2, 0.25) is 5.95 Å². The molecule has 25 heavy (non-hydrogen) atoms. The van der Waals surface area contributed by atoms with E-state index in [9.17, 15) is 0 Å². The van der Waals surface area contributed by atoms with Crippen molar-refractivity contribution in [1.29, 1.82) is 0 Å². The predicted octanol–water partition coefficient (Wildman–Crippen LogP) is 2.00. The Labute approximate surface area is 148 Å². The van der Waals surface area contributed by atoms with Gasteiger partial charge < -0.3 is 25.4 Å². The monoisotopic (exact) mass is 343 g/mol. The van der Waals surface area contributed by atoms with E-state index in [2.05, 4.69) is 33.3 Å². The zero-order valence-corrected chi connectivity index (χ0v) is 15.0. The molecule has 0 bridgehead atoms. The molecule has 1 atom stereocenters. The SMILES string of the molecule is CNc1nc(N)ncc1-c1ccc(OC)c(COC2CCN(C)C2)c1. The largest absolute Gasteiger partial charge is 0.496 e. The van der Waals surface area contributed by atoms with Gasteiger partial charge in [-0.1, -0.05) is 6.07 Å². The zero-order chi connectivity index (χ0) is 17.8. The Morgan fingerprint density at radius 3 is 2.92 bits per heavy atom. The number of hydrogen-bond donors (Lipinski definition) is 2. The lowest BCUT2D eigenvalue weighted by molar-refractivity contribution is 0.0473. The standard InChI is InChI=1S/C18H25N5O2/c1-20-17-15(9-21-18(19)22-17)12-4-5-16(24-3)13(8-12)11-25-14-6-7-23(2)10-14/h4-5,8-9,14H,6-7,10-11H2,1-3H3,(H3,19,20,21,22). The van der Waals surface area contributed by atoms with Gasteiger partial charge in [0.25, 0.3) is 0 Å². The van der Waals surface area contributed by atoms with Crippen LogP contribution in [0.4, 0.5) is 11.8 Å². The molecule has 1 aromatic carbocycles. The van der Waals surface area contributed by atoms with Gasteiger partial charge in [0, 0.05) is 37.5 Å². The summed E-state index contributed by atoms with van der Waals surface area (Å²) in [4.78, 5) is 10.6. The summed E-state index contributed by atoms with van der Waals surface area (Å²) in [7, 11) is 5.60. The van der Waals surface area contributed by atoms with Crippen LogP contribution >= 0.6 is 0 Å². The lowest BCUT2D eigenvalue weighted by Gasteiger charge is -2.16. The van der Waals surface area contributed by atoms with Crippen LogP contribution in [0.5, 0.6) is 5.75 Å². The van der Waals surface area contributed by atoms with Crippen LogP contribution in [0.2, 0.25) is 0 Å². The minimum absolute atomic E-state index is 0.246. The van der Waals surface area contributed by atoms with Gasteiger partial charge in [-0.25, -0.2) is 4.98 Å². The van der Waals surface area contributed by atoms with Gasteiger partial charge in [-0.3, -0.25) is 0 Å². The highest BCUT2D eigenvalue weighted by atomic mass is 16.5. The first-order chi connectivity index (χ1) is 12.1. The summed E-state index contributed by atoms with van der Waals surface area (Å²) in [6.45, 7) is 2.56. The second-order valence-corrected chi connectivity index (χ2v) is 6.25. The molecule has 2 aromatic rings. The van der Waals surface area contributed by atoms with Crippen molar-refractivity contribution in [2.24, 2.45) is 0 Å². The number of likely N-dealkylation sites (tertiary alicyclic amines) is 1. The molecule has 7 nitrogen and oxygen atoms in total. The first kappa shape index (κ1) is 17.4. The summed E-state index contributed by atoms with van der Waals surface area (Å²) in [5, 5.41) is 3.07. The number of nitrogens with two attached hydrogens (primary N) is 1. The van der Waals surface area contributed by atoms with E-state index in [-0.39, 0.29) is 12.1 Å². The first-order valence-electron chi connectivity index (χ1n) is 8.38. The van der Waals surface area contributed by atoms with Crippen molar-refractivity contribution in [2.45, 2.75) is 19.1 Å². The number of aromatic nitrogens is 2. The molecular weight excluding hydrogens is 318 g/mol. The van der Waals surface area contributed by atoms with E-state index in [0.717, 1.165) is 42.0 Å². The lowest BCUT2D eigenvalue weighted by atomic mass is 10.0. The van der Waals surface area contributed by atoms with Gasteiger partial charge in [-0.05, 0) is 31.2 Å². The highest BCUT2D eigenvalue weighted by molar-refractivity contribution is 5.76. The average Bonchev–Trinajstić information content (AvgIpc) is 3.05. The topological polar surface area (TPSA) is 85.5 Å². The van der Waals surface area contributed by atoms with E-state index in [1.165, 1.54) is 0 Å². The molecule has 1 saturated heterocycles. The molecular formula is C18H25N5O2. The third-order valence-electron chi connectivity index (χ3n) is 4.46. The number of benzene rings is 1. The van der Waals surface area contributed by atoms with Crippen LogP contribution in [0.3, 0.4) is 0 Å². The van der Waals surface area contributed by atoms with Crippen molar-refractivity contribution < 1.29 is 9.47 Å². The number of anilines is 2. The Morgan fingerprint density at radius 1 is 1.40 bits per heavy atom. The summed E-state index contributed by atoms with van der Waals surface area (Å²) < 4.78 is 11.6. The van der Waals surface area contributed by atoms with Crippen molar-refractivity contribution in [3.05, 3.63) is 30.0 Å². The number of nitrogens with zero attached hydrogens (tertiary/aromatic N) is 3. The predicted molar refractivity (Wildman–Crippen MR) is 98.7 cm³/mol. The molecule has 1 aliphatic heterocycles. The number of hydrogen-bond acceptors (Lipinski definition) is 7. The summed E-state index contributed by atoms with van der Waals surface area (Å²) in [6.07, 6.45) is 3.06. The van der Waals surface area contributed by atoms with Crippen molar-refractivity contribution in [1.82, 2.24) is 14.9 Å². The van der Waals surface area contributed by atoms with E-state index in [0.29, 0.717) is 12.4 Å². The molecule has 134 valence electrons. The van der Waals surface area contributed by atoms with Crippen molar-refractivity contribution in [2.75, 3.05) is 45.3 Å². The Balaban J connectivity index is 1.84. The molecule has 0 saturated carbocycles. The van der Waals surface area contributed by atoms with Crippen LogP contribution in [0.25, 0.3) is 11.1 Å². The van der Waals surface area contributed by atoms with Gasteiger partial charge in [0.15, 0.2) is 0 Å². The van der Waals surface area contributed by atoms with Crippen LogP contribution in [0, 0.1) is 0 Å². The van der Waals surface area contributed by atoms with Crippen LogP contribution in [-0.4, -0.2) is 55.3 Å². The number of nitrogens with one attached hydrogen (secondary N) is 1. The molecule has 0 spiro atoms. The van der Waals surface area contributed by atoms with E-state index in [4.69, 9.17) is 15.2 Å². The number of nitrogen functional groups attached to an aromatic ring is 1. The Morgan fingerprint density at radius 2 is 2.24 bits per heavy atom. The number of methoxy groups -OCH3 is 1. The van der Waals surface area contributed by atoms with Gasteiger partial charge in [0.05, 0.1) is 19.8 Å². The van der Waals surface area contributed by atoms with E-state index < -0.39 is 0 Å². The van der Waals surface area contributed by atoms with Crippen LogP contribution in [0.15, 0.2) is 24.4 Å². The third-order valence-corrected chi connectivity index (χ3v) is 4.46. The third kappa shape index (κ3) is 4.00. The van der Waals surface area contributed by atoms with Crippen molar-refractivity contribution in [3.63, 3.8) is 0 Å². The minimum Gasteiger partial charge on any atom is -0.496 e. The quantitative estimate of drug-likeness (QED) is 0.829. The molecule has 0 aliphatic carbocycles. The Hall–Kier alpha value is -2.38. The second-order valence-electron chi connectivity index (χ2n) is 6.25. The van der Waals surface area contributed by atoms with Crippen LogP contribution in [0.1, 0.15) is 12.0 Å². The fraction of sp³-hybridized carbons (Fsp3) is 0.444. The minimum atomic E-state index is 0.246. The Kier molecular flexibility index (Phi) is 5.35.